The van der Waals surface area contributed by atoms with Crippen molar-refractivity contribution in [2.75, 3.05) is 6.61 Å². The van der Waals surface area contributed by atoms with Gasteiger partial charge < -0.3 is 10.5 Å². The Morgan fingerprint density at radius 2 is 1.73 bits per heavy atom. The number of carbonyl (C=O) groups excluding carboxylic acids is 2. The van der Waals surface area contributed by atoms with Crippen molar-refractivity contribution in [1.82, 2.24) is 29.6 Å². The summed E-state index contributed by atoms with van der Waals surface area (Å²) in [6.07, 6.45) is 0.0724. The Balaban J connectivity index is 1.62. The second kappa shape index (κ2) is 14.6. The lowest BCUT2D eigenvalue weighted by molar-refractivity contribution is -0.152. The maximum Gasteiger partial charge on any atom is 0.335 e. The average Bonchev–Trinajstić information content (AvgIpc) is 3.64. The molecule has 5 rings (SSSR count). The van der Waals surface area contributed by atoms with Crippen molar-refractivity contribution < 1.29 is 36.3 Å². The standard InChI is InChI=1S/C35H36ClF5N8O3/c1-19-13-21(27-43-11-6-12-44-27)7-9-23(19)35(17-34(4,5)41)30(51)48(32(42)47-35)25(16-52-26(50)15-33(2,3)29(37)38)20-8-10-24(36)22(14-20)28-45-18-46-49(28)31(39)40/h6-14,18,25,29,31H,15-17H2,1-5H3,(H2,42,47)/t25-,35-/m1/s1. The van der Waals surface area contributed by atoms with Gasteiger partial charge in [0.2, 0.25) is 6.43 Å². The maximum atomic E-state index is 15.7. The molecule has 1 aliphatic rings. The number of ether oxygens (including phenoxy) is 1. The highest BCUT2D eigenvalue weighted by Gasteiger charge is 2.54. The van der Waals surface area contributed by atoms with Crippen LogP contribution in [0.5, 0.6) is 0 Å². The minimum absolute atomic E-state index is 0.00546. The topological polar surface area (TPSA) is 141 Å². The minimum atomic E-state index is -3.08. The zero-order valence-electron chi connectivity index (χ0n) is 28.8. The number of aliphatic imine (C=N–C) groups is 1. The predicted octanol–water partition coefficient (Wildman–Crippen LogP) is 7.22. The van der Waals surface area contributed by atoms with Crippen molar-refractivity contribution >= 4 is 29.4 Å². The van der Waals surface area contributed by atoms with Gasteiger partial charge >= 0.3 is 12.5 Å². The molecule has 0 unspecified atom stereocenters. The van der Waals surface area contributed by atoms with E-state index in [0.29, 0.717) is 27.2 Å². The van der Waals surface area contributed by atoms with Crippen LogP contribution in [-0.2, 0) is 19.9 Å². The van der Waals surface area contributed by atoms with Gasteiger partial charge in [-0.15, -0.1) is 0 Å². The van der Waals surface area contributed by atoms with Crippen LogP contribution in [0.4, 0.5) is 22.0 Å². The molecular formula is C35H36ClF5N8O3. The number of guanidine groups is 1. The first-order valence-electron chi connectivity index (χ1n) is 16.0. The number of aryl methyl sites for hydroxylation is 1. The summed E-state index contributed by atoms with van der Waals surface area (Å²) in [4.78, 5) is 45.9. The number of halogens is 6. The van der Waals surface area contributed by atoms with Gasteiger partial charge in [-0.1, -0.05) is 43.6 Å². The summed E-state index contributed by atoms with van der Waals surface area (Å²) in [6.45, 7) is 2.95. The van der Waals surface area contributed by atoms with Crippen LogP contribution in [-0.4, -0.2) is 66.2 Å². The summed E-state index contributed by atoms with van der Waals surface area (Å²) in [5.41, 5.74) is 2.51. The highest BCUT2D eigenvalue weighted by atomic mass is 35.5. The van der Waals surface area contributed by atoms with Crippen LogP contribution in [0.3, 0.4) is 0 Å². The SMILES string of the molecule is Cc1cc(-c2ncccn2)ccc1[C@@]1(CC(C)(C)F)N=C(N)N([C@H](COC(=O)CC(C)(C)C(F)F)c2ccc(Cl)c(-c3ncnn3C(F)F)c2)C1=O. The van der Waals surface area contributed by atoms with Gasteiger partial charge in [-0.2, -0.15) is 18.6 Å². The van der Waals surface area contributed by atoms with Crippen LogP contribution in [0.15, 0.2) is 66.2 Å². The molecule has 2 N–H and O–H groups in total. The fourth-order valence-corrected chi connectivity index (χ4v) is 6.31. The quantitative estimate of drug-likeness (QED) is 0.112. The molecule has 0 saturated carbocycles. The van der Waals surface area contributed by atoms with E-state index in [0.717, 1.165) is 11.2 Å². The van der Waals surface area contributed by atoms with Crippen molar-refractivity contribution in [3.05, 3.63) is 82.9 Å². The molecule has 52 heavy (non-hydrogen) atoms. The molecular weight excluding hydrogens is 711 g/mol. The van der Waals surface area contributed by atoms with Crippen LogP contribution in [0, 0.1) is 12.3 Å². The number of rotatable bonds is 13. The molecule has 0 spiro atoms. The number of carbonyl (C=O) groups is 2. The molecule has 0 radical (unpaired) electrons. The minimum Gasteiger partial charge on any atom is -0.463 e. The summed E-state index contributed by atoms with van der Waals surface area (Å²) in [6, 6.07) is 9.48. The Morgan fingerprint density at radius 3 is 2.35 bits per heavy atom. The average molecular weight is 747 g/mol. The van der Waals surface area contributed by atoms with E-state index in [9.17, 15) is 27.2 Å². The van der Waals surface area contributed by atoms with Gasteiger partial charge in [-0.3, -0.25) is 14.5 Å². The lowest BCUT2D eigenvalue weighted by atomic mass is 9.78. The molecule has 1 amide bonds. The van der Waals surface area contributed by atoms with Crippen molar-refractivity contribution in [2.45, 2.75) is 77.7 Å². The number of hydrogen-bond donors (Lipinski definition) is 1. The summed E-state index contributed by atoms with van der Waals surface area (Å²) in [5, 5.41) is 3.55. The summed E-state index contributed by atoms with van der Waals surface area (Å²) in [5.74, 6) is -2.06. The van der Waals surface area contributed by atoms with Crippen molar-refractivity contribution in [3.8, 4) is 22.8 Å². The van der Waals surface area contributed by atoms with Gasteiger partial charge in [-0.05, 0) is 61.7 Å². The smallest absolute Gasteiger partial charge is 0.335 e. The number of nitrogens with zero attached hydrogens (tertiary/aromatic N) is 7. The van der Waals surface area contributed by atoms with E-state index < -0.39 is 67.0 Å². The van der Waals surface area contributed by atoms with Crippen molar-refractivity contribution in [2.24, 2.45) is 16.1 Å². The maximum absolute atomic E-state index is 15.7. The van der Waals surface area contributed by atoms with E-state index in [1.54, 1.807) is 43.6 Å². The third-order valence-corrected chi connectivity index (χ3v) is 8.91. The Morgan fingerprint density at radius 1 is 1.04 bits per heavy atom. The predicted molar refractivity (Wildman–Crippen MR) is 182 cm³/mol. The van der Waals surface area contributed by atoms with Gasteiger partial charge in [0, 0.05) is 35.4 Å². The van der Waals surface area contributed by atoms with Crippen LogP contribution < -0.4 is 5.73 Å². The Bertz CT molecular complexity index is 1990. The van der Waals surface area contributed by atoms with Gasteiger partial charge in [0.1, 0.15) is 18.6 Å². The van der Waals surface area contributed by atoms with E-state index in [4.69, 9.17) is 22.1 Å². The van der Waals surface area contributed by atoms with Crippen LogP contribution in [0.2, 0.25) is 5.02 Å². The largest absolute Gasteiger partial charge is 0.463 e. The van der Waals surface area contributed by atoms with Crippen LogP contribution in [0.1, 0.15) is 69.8 Å². The zero-order chi connectivity index (χ0) is 38.2. The van der Waals surface area contributed by atoms with E-state index in [1.165, 1.54) is 45.9 Å². The lowest BCUT2D eigenvalue weighted by Gasteiger charge is -2.34. The molecule has 0 saturated heterocycles. The number of esters is 1. The van der Waals surface area contributed by atoms with Gasteiger partial charge in [0.15, 0.2) is 23.1 Å². The number of alkyl halides is 5. The molecule has 3 heterocycles. The number of hydrogen-bond acceptors (Lipinski definition) is 9. The fraction of sp³-hybridized carbons (Fsp3) is 0.400. The van der Waals surface area contributed by atoms with E-state index in [1.807, 2.05) is 0 Å². The number of nitrogens with two attached hydrogens (primary N) is 1. The molecule has 0 aliphatic carbocycles. The normalized spacial score (nSPS) is 17.2. The Kier molecular flexibility index (Phi) is 10.7. The van der Waals surface area contributed by atoms with Gasteiger partial charge in [0.25, 0.3) is 5.91 Å². The molecule has 2 atom stereocenters. The first-order chi connectivity index (χ1) is 24.3. The van der Waals surface area contributed by atoms with Crippen LogP contribution >= 0.6 is 11.6 Å². The molecule has 2 aromatic carbocycles. The summed E-state index contributed by atoms with van der Waals surface area (Å²) in [7, 11) is 0. The second-order valence-corrected chi connectivity index (χ2v) is 14.1. The molecule has 0 bridgehead atoms. The highest BCUT2D eigenvalue weighted by Crippen LogP contribution is 2.46. The van der Waals surface area contributed by atoms with Gasteiger partial charge in [-0.25, -0.2) is 33.1 Å². The second-order valence-electron chi connectivity index (χ2n) is 13.7. The highest BCUT2D eigenvalue weighted by molar-refractivity contribution is 6.33. The molecule has 276 valence electrons. The number of benzene rings is 2. The first-order valence-corrected chi connectivity index (χ1v) is 16.4. The molecule has 11 nitrogen and oxygen atoms in total. The van der Waals surface area contributed by atoms with Gasteiger partial charge in [0.05, 0.1) is 17.5 Å². The molecule has 2 aromatic heterocycles. The monoisotopic (exact) mass is 746 g/mol. The van der Waals surface area contributed by atoms with E-state index >= 15 is 4.39 Å². The van der Waals surface area contributed by atoms with E-state index in [2.05, 4.69) is 25.0 Å². The number of aromatic nitrogens is 5. The third-order valence-electron chi connectivity index (χ3n) is 8.58. The van der Waals surface area contributed by atoms with Crippen LogP contribution in [0.25, 0.3) is 22.8 Å². The fourth-order valence-electron chi connectivity index (χ4n) is 6.11. The number of amides is 1. The lowest BCUT2D eigenvalue weighted by Crippen LogP contribution is -2.48. The molecule has 0 fully saturated rings. The summed E-state index contributed by atoms with van der Waals surface area (Å²) >= 11 is 6.43. The molecule has 1 aliphatic heterocycles. The molecule has 17 heteroatoms. The third kappa shape index (κ3) is 7.76. The Hall–Kier alpha value is -4.99. The van der Waals surface area contributed by atoms with E-state index in [-0.39, 0.29) is 27.9 Å². The summed E-state index contributed by atoms with van der Waals surface area (Å²) < 4.78 is 76.4. The first kappa shape index (κ1) is 38.2. The van der Waals surface area contributed by atoms with Crippen molar-refractivity contribution in [1.29, 1.82) is 0 Å². The molecule has 4 aromatic rings. The Labute approximate surface area is 301 Å². The zero-order valence-corrected chi connectivity index (χ0v) is 29.6. The van der Waals surface area contributed by atoms with Crippen molar-refractivity contribution in [3.63, 3.8) is 0 Å².